The van der Waals surface area contributed by atoms with Crippen molar-refractivity contribution in [3.8, 4) is 6.07 Å². The van der Waals surface area contributed by atoms with Crippen LogP contribution in [0.3, 0.4) is 0 Å². The first-order valence-corrected chi connectivity index (χ1v) is 9.49. The summed E-state index contributed by atoms with van der Waals surface area (Å²) in [6.07, 6.45) is 3.00. The van der Waals surface area contributed by atoms with Crippen molar-refractivity contribution in [2.24, 2.45) is 14.1 Å². The van der Waals surface area contributed by atoms with Gasteiger partial charge >= 0.3 is 5.69 Å². The molecule has 152 valence electrons. The van der Waals surface area contributed by atoms with Crippen molar-refractivity contribution in [3.05, 3.63) is 54.3 Å². The fourth-order valence-electron chi connectivity index (χ4n) is 3.56. The van der Waals surface area contributed by atoms with Gasteiger partial charge < -0.3 is 4.57 Å². The Kier molecular flexibility index (Phi) is 5.50. The smallest absolute Gasteiger partial charge is 0.328 e. The topological polar surface area (TPSA) is 120 Å². The van der Waals surface area contributed by atoms with Gasteiger partial charge in [0.1, 0.15) is 11.6 Å². The molecule has 0 fully saturated rings. The molecular formula is C19H23N7O3. The third kappa shape index (κ3) is 3.29. The molecule has 0 aliphatic carbocycles. The molecule has 0 saturated carbocycles. The second-order valence-electron chi connectivity index (χ2n) is 6.83. The van der Waals surface area contributed by atoms with E-state index < -0.39 is 16.8 Å². The van der Waals surface area contributed by atoms with E-state index in [1.54, 1.807) is 18.7 Å². The van der Waals surface area contributed by atoms with E-state index in [1.807, 2.05) is 19.9 Å². The zero-order chi connectivity index (χ0) is 21.3. The number of nitriles is 1. The molecule has 0 aromatic carbocycles. The second kappa shape index (κ2) is 7.87. The summed E-state index contributed by atoms with van der Waals surface area (Å²) in [6.45, 7) is 4.13. The van der Waals surface area contributed by atoms with Crippen molar-refractivity contribution in [1.82, 2.24) is 28.5 Å². The summed E-state index contributed by atoms with van der Waals surface area (Å²) < 4.78 is 5.31. The third-order valence-electron chi connectivity index (χ3n) is 5.09. The van der Waals surface area contributed by atoms with Gasteiger partial charge in [-0.05, 0) is 24.8 Å². The molecule has 3 heterocycles. The van der Waals surface area contributed by atoms with Gasteiger partial charge in [-0.25, -0.2) is 14.5 Å². The lowest BCUT2D eigenvalue weighted by molar-refractivity contribution is 0.479. The highest BCUT2D eigenvalue weighted by atomic mass is 16.2. The molecule has 0 saturated heterocycles. The maximum atomic E-state index is 12.7. The molecule has 0 N–H and O–H groups in total. The number of imidazole rings is 1. The molecule has 0 bridgehead atoms. The Morgan fingerprint density at radius 2 is 1.79 bits per heavy atom. The van der Waals surface area contributed by atoms with Crippen molar-refractivity contribution in [3.63, 3.8) is 0 Å². The van der Waals surface area contributed by atoms with E-state index in [0.29, 0.717) is 41.7 Å². The number of hydrogen-bond donors (Lipinski definition) is 0. The minimum absolute atomic E-state index is 0.115. The van der Waals surface area contributed by atoms with Crippen LogP contribution in [0.2, 0.25) is 0 Å². The average molecular weight is 397 g/mol. The fourth-order valence-corrected chi connectivity index (χ4v) is 3.56. The lowest BCUT2D eigenvalue weighted by Gasteiger charge is -2.12. The number of nitrogens with zero attached hydrogens (tertiary/aromatic N) is 7. The summed E-state index contributed by atoms with van der Waals surface area (Å²) in [6, 6.07) is 2.00. The first kappa shape index (κ1) is 20.3. The van der Waals surface area contributed by atoms with Crippen LogP contribution in [0.5, 0.6) is 0 Å². The highest BCUT2D eigenvalue weighted by Gasteiger charge is 2.17. The first-order chi connectivity index (χ1) is 13.8. The minimum atomic E-state index is -0.463. The Morgan fingerprint density at radius 3 is 2.41 bits per heavy atom. The Labute approximate surface area is 166 Å². The number of aryl methyl sites for hydroxylation is 4. The molecule has 10 nitrogen and oxygen atoms in total. The normalized spacial score (nSPS) is 11.1. The molecule has 3 aromatic heterocycles. The van der Waals surface area contributed by atoms with Crippen LogP contribution in [0.1, 0.15) is 37.1 Å². The minimum Gasteiger partial charge on any atom is -0.328 e. The lowest BCUT2D eigenvalue weighted by atomic mass is 10.0. The number of aromatic nitrogens is 6. The second-order valence-corrected chi connectivity index (χ2v) is 6.83. The van der Waals surface area contributed by atoms with Crippen molar-refractivity contribution >= 4 is 11.2 Å². The fraction of sp³-hybridized carbons (Fsp3) is 0.474. The van der Waals surface area contributed by atoms with Crippen LogP contribution < -0.4 is 16.8 Å². The van der Waals surface area contributed by atoms with Gasteiger partial charge in [0.15, 0.2) is 11.2 Å². The van der Waals surface area contributed by atoms with Gasteiger partial charge in [0.25, 0.3) is 11.1 Å². The average Bonchev–Trinajstić information content (AvgIpc) is 3.11. The lowest BCUT2D eigenvalue weighted by Crippen LogP contribution is -2.40. The van der Waals surface area contributed by atoms with Crippen LogP contribution in [0.15, 0.2) is 20.7 Å². The van der Waals surface area contributed by atoms with Crippen molar-refractivity contribution in [2.75, 3.05) is 0 Å². The molecule has 0 amide bonds. The van der Waals surface area contributed by atoms with Crippen LogP contribution in [0.4, 0.5) is 0 Å². The van der Waals surface area contributed by atoms with Gasteiger partial charge in [-0.1, -0.05) is 13.8 Å². The van der Waals surface area contributed by atoms with Crippen molar-refractivity contribution < 1.29 is 0 Å². The van der Waals surface area contributed by atoms with Crippen LogP contribution in [0, 0.1) is 11.3 Å². The highest BCUT2D eigenvalue weighted by Crippen LogP contribution is 2.10. The van der Waals surface area contributed by atoms with E-state index in [-0.39, 0.29) is 18.7 Å². The monoisotopic (exact) mass is 397 g/mol. The summed E-state index contributed by atoms with van der Waals surface area (Å²) in [5.41, 5.74) is 0.864. The van der Waals surface area contributed by atoms with E-state index in [1.165, 1.54) is 15.6 Å². The summed E-state index contributed by atoms with van der Waals surface area (Å²) >= 11 is 0. The van der Waals surface area contributed by atoms with Gasteiger partial charge in [0.05, 0.1) is 12.0 Å². The van der Waals surface area contributed by atoms with Crippen LogP contribution in [-0.2, 0) is 40.0 Å². The van der Waals surface area contributed by atoms with E-state index in [0.717, 1.165) is 4.57 Å². The molecule has 3 aromatic rings. The molecule has 0 unspecified atom stereocenters. The zero-order valence-electron chi connectivity index (χ0n) is 17.0. The first-order valence-electron chi connectivity index (χ1n) is 9.49. The van der Waals surface area contributed by atoms with Crippen molar-refractivity contribution in [1.29, 1.82) is 5.26 Å². The Hall–Kier alpha value is -3.48. The van der Waals surface area contributed by atoms with Crippen LogP contribution in [0.25, 0.3) is 11.2 Å². The summed E-state index contributed by atoms with van der Waals surface area (Å²) in [7, 11) is 3.26. The maximum Gasteiger partial charge on any atom is 0.332 e. The third-order valence-corrected chi connectivity index (χ3v) is 5.09. The highest BCUT2D eigenvalue weighted by molar-refractivity contribution is 5.69. The molecule has 0 spiro atoms. The van der Waals surface area contributed by atoms with Gasteiger partial charge in [0, 0.05) is 27.2 Å². The van der Waals surface area contributed by atoms with E-state index in [4.69, 9.17) is 0 Å². The Bertz CT molecular complexity index is 1300. The maximum absolute atomic E-state index is 12.7. The van der Waals surface area contributed by atoms with E-state index >= 15 is 0 Å². The number of hydrogen-bond acceptors (Lipinski definition) is 6. The zero-order valence-corrected chi connectivity index (χ0v) is 17.0. The van der Waals surface area contributed by atoms with E-state index in [9.17, 15) is 19.6 Å². The molecular weight excluding hydrogens is 374 g/mol. The summed E-state index contributed by atoms with van der Waals surface area (Å²) in [5, 5.41) is 13.8. The predicted molar refractivity (Wildman–Crippen MR) is 107 cm³/mol. The van der Waals surface area contributed by atoms with Gasteiger partial charge in [0.2, 0.25) is 0 Å². The van der Waals surface area contributed by atoms with Gasteiger partial charge in [-0.3, -0.25) is 18.7 Å². The quantitative estimate of drug-likeness (QED) is 0.581. The molecule has 29 heavy (non-hydrogen) atoms. The predicted octanol–water partition coefficient (Wildman–Crippen LogP) is 0.0772. The van der Waals surface area contributed by atoms with Gasteiger partial charge in [-0.15, -0.1) is 0 Å². The SMILES string of the molecule is CCc1nn(CCCn2c(=O)c3c(ncn3C)n(C)c2=O)c(=O)c(C#N)c1CC. The summed E-state index contributed by atoms with van der Waals surface area (Å²) in [4.78, 5) is 42.0. The van der Waals surface area contributed by atoms with Gasteiger partial charge in [-0.2, -0.15) is 10.4 Å². The molecule has 0 radical (unpaired) electrons. The number of rotatable bonds is 6. The van der Waals surface area contributed by atoms with Crippen LogP contribution in [-0.4, -0.2) is 28.5 Å². The molecule has 3 rings (SSSR count). The summed E-state index contributed by atoms with van der Waals surface area (Å²) in [5.74, 6) is 0. The van der Waals surface area contributed by atoms with E-state index in [2.05, 4.69) is 10.1 Å². The molecule has 0 aliphatic rings. The molecule has 10 heteroatoms. The van der Waals surface area contributed by atoms with Crippen LogP contribution >= 0.6 is 0 Å². The standard InChI is InChI=1S/C19H23N7O3/c1-5-12-13(10-20)17(27)26(22-14(12)6-2)9-7-8-25-18(28)15-16(21-11-23(15)3)24(4)19(25)29/h11H,5-9H2,1-4H3. The molecule has 0 aliphatic heterocycles. The Morgan fingerprint density at radius 1 is 1.07 bits per heavy atom. The largest absolute Gasteiger partial charge is 0.332 e. The Balaban J connectivity index is 1.95. The number of fused-ring (bicyclic) bond motifs is 1. The van der Waals surface area contributed by atoms with Crippen molar-refractivity contribution in [2.45, 2.75) is 46.2 Å². The molecule has 0 atom stereocenters.